The molecule has 0 aliphatic carbocycles. The van der Waals surface area contributed by atoms with Gasteiger partial charge in [0.2, 0.25) is 6.79 Å². The lowest BCUT2D eigenvalue weighted by molar-refractivity contribution is 0.174. The lowest BCUT2D eigenvalue weighted by atomic mass is 9.99. The van der Waals surface area contributed by atoms with E-state index in [0.717, 1.165) is 48.9 Å². The van der Waals surface area contributed by atoms with Gasteiger partial charge in [0.25, 0.3) is 0 Å². The van der Waals surface area contributed by atoms with Crippen LogP contribution in [-0.2, 0) is 13.0 Å². The van der Waals surface area contributed by atoms with Gasteiger partial charge in [-0.2, -0.15) is 0 Å². The SMILES string of the molecule is CCc1nc2cc3c(cc2n1CC1CCCNC1)OCO3. The summed E-state index contributed by atoms with van der Waals surface area (Å²) in [6.07, 6.45) is 3.51. The van der Waals surface area contributed by atoms with E-state index in [9.17, 15) is 0 Å². The van der Waals surface area contributed by atoms with E-state index in [2.05, 4.69) is 22.9 Å². The lowest BCUT2D eigenvalue weighted by Crippen LogP contribution is -2.32. The Kier molecular flexibility index (Phi) is 3.22. The number of piperidine rings is 1. The third-order valence-corrected chi connectivity index (χ3v) is 4.48. The number of rotatable bonds is 3. The van der Waals surface area contributed by atoms with Crippen molar-refractivity contribution in [3.05, 3.63) is 18.0 Å². The first-order valence-electron chi connectivity index (χ1n) is 7.84. The van der Waals surface area contributed by atoms with Gasteiger partial charge in [0.1, 0.15) is 5.82 Å². The molecule has 0 spiro atoms. The van der Waals surface area contributed by atoms with Crippen molar-refractivity contribution in [3.8, 4) is 11.5 Å². The molecular formula is C16H21N3O2. The first-order chi connectivity index (χ1) is 10.3. The van der Waals surface area contributed by atoms with Gasteiger partial charge in [-0.25, -0.2) is 4.98 Å². The standard InChI is InChI=1S/C16H21N3O2/c1-2-16-18-12-6-14-15(21-10-20-14)7-13(12)19(16)9-11-4-3-5-17-8-11/h6-7,11,17H,2-5,8-10H2,1H3. The van der Waals surface area contributed by atoms with Crippen molar-refractivity contribution in [1.82, 2.24) is 14.9 Å². The first-order valence-corrected chi connectivity index (χ1v) is 7.84. The van der Waals surface area contributed by atoms with Gasteiger partial charge in [0.05, 0.1) is 11.0 Å². The van der Waals surface area contributed by atoms with E-state index in [1.807, 2.05) is 6.07 Å². The van der Waals surface area contributed by atoms with Crippen LogP contribution in [-0.4, -0.2) is 29.4 Å². The molecule has 1 N–H and O–H groups in total. The fourth-order valence-electron chi connectivity index (χ4n) is 3.38. The minimum absolute atomic E-state index is 0.315. The summed E-state index contributed by atoms with van der Waals surface area (Å²) in [6.45, 7) is 5.77. The summed E-state index contributed by atoms with van der Waals surface area (Å²) in [5, 5.41) is 3.50. The summed E-state index contributed by atoms with van der Waals surface area (Å²) in [7, 11) is 0. The van der Waals surface area contributed by atoms with Crippen LogP contribution in [0.3, 0.4) is 0 Å². The molecule has 3 heterocycles. The Labute approximate surface area is 124 Å². The van der Waals surface area contributed by atoms with E-state index in [4.69, 9.17) is 14.5 Å². The second kappa shape index (κ2) is 5.22. The van der Waals surface area contributed by atoms with Gasteiger partial charge >= 0.3 is 0 Å². The van der Waals surface area contributed by atoms with E-state index in [-0.39, 0.29) is 0 Å². The fourth-order valence-corrected chi connectivity index (χ4v) is 3.38. The predicted octanol–water partition coefficient (Wildman–Crippen LogP) is 2.33. The summed E-state index contributed by atoms with van der Waals surface area (Å²) >= 11 is 0. The molecule has 0 radical (unpaired) electrons. The molecule has 1 saturated heterocycles. The molecule has 2 aromatic rings. The Hall–Kier alpha value is -1.75. The number of fused-ring (bicyclic) bond motifs is 2. The maximum absolute atomic E-state index is 5.52. The van der Waals surface area contributed by atoms with Crippen LogP contribution in [0.2, 0.25) is 0 Å². The molecule has 0 saturated carbocycles. The highest BCUT2D eigenvalue weighted by molar-refractivity contribution is 5.81. The van der Waals surface area contributed by atoms with Crippen LogP contribution in [0.25, 0.3) is 11.0 Å². The maximum atomic E-state index is 5.52. The lowest BCUT2D eigenvalue weighted by Gasteiger charge is -2.24. The Morgan fingerprint density at radius 1 is 1.33 bits per heavy atom. The molecule has 4 rings (SSSR count). The molecule has 1 aromatic carbocycles. The van der Waals surface area contributed by atoms with Gasteiger partial charge in [0.15, 0.2) is 11.5 Å². The van der Waals surface area contributed by atoms with Gasteiger partial charge in [-0.15, -0.1) is 0 Å². The van der Waals surface area contributed by atoms with Crippen molar-refractivity contribution in [2.24, 2.45) is 5.92 Å². The molecule has 0 amide bonds. The van der Waals surface area contributed by atoms with E-state index < -0.39 is 0 Å². The zero-order chi connectivity index (χ0) is 14.2. The molecule has 2 aliphatic rings. The summed E-state index contributed by atoms with van der Waals surface area (Å²) < 4.78 is 13.3. The van der Waals surface area contributed by atoms with Crippen LogP contribution < -0.4 is 14.8 Å². The second-order valence-electron chi connectivity index (χ2n) is 5.90. The average Bonchev–Trinajstić information content (AvgIpc) is 3.10. The van der Waals surface area contributed by atoms with E-state index in [0.29, 0.717) is 12.7 Å². The number of hydrogen-bond acceptors (Lipinski definition) is 4. The Morgan fingerprint density at radius 3 is 2.95 bits per heavy atom. The molecule has 1 unspecified atom stereocenters. The summed E-state index contributed by atoms with van der Waals surface area (Å²) in [4.78, 5) is 4.78. The van der Waals surface area contributed by atoms with Gasteiger partial charge in [-0.05, 0) is 31.8 Å². The van der Waals surface area contributed by atoms with Crippen molar-refractivity contribution < 1.29 is 9.47 Å². The third-order valence-electron chi connectivity index (χ3n) is 4.48. The number of ether oxygens (including phenoxy) is 2. The third kappa shape index (κ3) is 2.25. The minimum atomic E-state index is 0.315. The monoisotopic (exact) mass is 287 g/mol. The van der Waals surface area contributed by atoms with Crippen LogP contribution in [0.15, 0.2) is 12.1 Å². The summed E-state index contributed by atoms with van der Waals surface area (Å²) in [5.74, 6) is 3.49. The summed E-state index contributed by atoms with van der Waals surface area (Å²) in [6, 6.07) is 4.09. The molecule has 112 valence electrons. The average molecular weight is 287 g/mol. The smallest absolute Gasteiger partial charge is 0.231 e. The number of imidazole rings is 1. The van der Waals surface area contributed by atoms with Crippen molar-refractivity contribution in [1.29, 1.82) is 0 Å². The minimum Gasteiger partial charge on any atom is -0.454 e. The number of nitrogens with one attached hydrogen (secondary N) is 1. The fraction of sp³-hybridized carbons (Fsp3) is 0.562. The highest BCUT2D eigenvalue weighted by Crippen LogP contribution is 2.36. The molecule has 1 fully saturated rings. The van der Waals surface area contributed by atoms with Gasteiger partial charge in [0, 0.05) is 25.1 Å². The van der Waals surface area contributed by atoms with Crippen LogP contribution in [0.4, 0.5) is 0 Å². The molecule has 1 aromatic heterocycles. The zero-order valence-electron chi connectivity index (χ0n) is 12.4. The Morgan fingerprint density at radius 2 is 2.19 bits per heavy atom. The van der Waals surface area contributed by atoms with Gasteiger partial charge in [-0.1, -0.05) is 6.92 Å². The number of benzene rings is 1. The topological polar surface area (TPSA) is 48.3 Å². The van der Waals surface area contributed by atoms with Crippen LogP contribution in [0.5, 0.6) is 11.5 Å². The molecule has 0 bridgehead atoms. The largest absolute Gasteiger partial charge is 0.454 e. The highest BCUT2D eigenvalue weighted by atomic mass is 16.7. The maximum Gasteiger partial charge on any atom is 0.231 e. The molecular weight excluding hydrogens is 266 g/mol. The first kappa shape index (κ1) is 13.0. The Balaban J connectivity index is 1.74. The summed E-state index contributed by atoms with van der Waals surface area (Å²) in [5.41, 5.74) is 2.18. The molecule has 1 atom stereocenters. The number of aryl methyl sites for hydroxylation is 1. The molecule has 21 heavy (non-hydrogen) atoms. The quantitative estimate of drug-likeness (QED) is 0.941. The molecule has 5 nitrogen and oxygen atoms in total. The van der Waals surface area contributed by atoms with Gasteiger partial charge in [-0.3, -0.25) is 0 Å². The second-order valence-corrected chi connectivity index (χ2v) is 5.90. The van der Waals surface area contributed by atoms with Crippen LogP contribution >= 0.6 is 0 Å². The highest BCUT2D eigenvalue weighted by Gasteiger charge is 2.21. The number of nitrogens with zero attached hydrogens (tertiary/aromatic N) is 2. The van der Waals surface area contributed by atoms with Crippen LogP contribution in [0, 0.1) is 5.92 Å². The van der Waals surface area contributed by atoms with Gasteiger partial charge < -0.3 is 19.4 Å². The normalized spacial score (nSPS) is 21.1. The van der Waals surface area contributed by atoms with Crippen molar-refractivity contribution >= 4 is 11.0 Å². The Bertz CT molecular complexity index is 659. The predicted molar refractivity (Wildman–Crippen MR) is 80.8 cm³/mol. The zero-order valence-corrected chi connectivity index (χ0v) is 12.4. The van der Waals surface area contributed by atoms with E-state index >= 15 is 0 Å². The van der Waals surface area contributed by atoms with Crippen molar-refractivity contribution in [2.75, 3.05) is 19.9 Å². The molecule has 5 heteroatoms. The van der Waals surface area contributed by atoms with Crippen LogP contribution in [0.1, 0.15) is 25.6 Å². The molecule has 2 aliphatic heterocycles. The van der Waals surface area contributed by atoms with E-state index in [1.54, 1.807) is 0 Å². The van der Waals surface area contributed by atoms with Crippen molar-refractivity contribution in [2.45, 2.75) is 32.7 Å². The number of hydrogen-bond donors (Lipinski definition) is 1. The van der Waals surface area contributed by atoms with E-state index in [1.165, 1.54) is 18.4 Å². The van der Waals surface area contributed by atoms with Crippen molar-refractivity contribution in [3.63, 3.8) is 0 Å². The number of aromatic nitrogens is 2.